The summed E-state index contributed by atoms with van der Waals surface area (Å²) >= 11 is 0. The van der Waals surface area contributed by atoms with E-state index in [1.165, 1.54) is 24.8 Å². The highest BCUT2D eigenvalue weighted by atomic mass is 16.5. The van der Waals surface area contributed by atoms with Crippen LogP contribution in [0.25, 0.3) is 0 Å². The van der Waals surface area contributed by atoms with Crippen molar-refractivity contribution in [3.8, 4) is 5.75 Å². The summed E-state index contributed by atoms with van der Waals surface area (Å²) in [7, 11) is 2.02. The lowest BCUT2D eigenvalue weighted by molar-refractivity contribution is 0.0378. The smallest absolute Gasteiger partial charge is 0.342 e. The number of carbonyl (C=O) groups excluding carboxylic acids is 1. The van der Waals surface area contributed by atoms with Crippen molar-refractivity contribution in [3.05, 3.63) is 53.7 Å². The molecule has 1 aliphatic rings. The van der Waals surface area contributed by atoms with Gasteiger partial charge in [0.25, 0.3) is 0 Å². The van der Waals surface area contributed by atoms with Gasteiger partial charge in [0.1, 0.15) is 17.1 Å². The largest absolute Gasteiger partial charge is 0.494 e. The summed E-state index contributed by atoms with van der Waals surface area (Å²) in [6.45, 7) is 9.59. The van der Waals surface area contributed by atoms with Gasteiger partial charge in [-0.2, -0.15) is 0 Å². The molecule has 2 heterocycles. The van der Waals surface area contributed by atoms with Gasteiger partial charge in [-0.3, -0.25) is 4.90 Å². The molecule has 0 spiro atoms. The van der Waals surface area contributed by atoms with E-state index in [4.69, 9.17) is 9.47 Å². The van der Waals surface area contributed by atoms with Crippen LogP contribution >= 0.6 is 0 Å². The average Bonchev–Trinajstić information content (AvgIpc) is 3.27. The Morgan fingerprint density at radius 3 is 2.70 bits per heavy atom. The van der Waals surface area contributed by atoms with Crippen LogP contribution in [0.4, 0.5) is 5.82 Å². The van der Waals surface area contributed by atoms with Gasteiger partial charge in [0.2, 0.25) is 0 Å². The maximum Gasteiger partial charge on any atom is 0.342 e. The van der Waals surface area contributed by atoms with Gasteiger partial charge in [-0.05, 0) is 56.5 Å². The number of likely N-dealkylation sites (tertiary alicyclic amines) is 1. The number of anilines is 1. The fourth-order valence-corrected chi connectivity index (χ4v) is 4.23. The first-order valence-corrected chi connectivity index (χ1v) is 12.3. The predicted molar refractivity (Wildman–Crippen MR) is 133 cm³/mol. The number of esters is 1. The summed E-state index contributed by atoms with van der Waals surface area (Å²) < 4.78 is 11.3. The van der Waals surface area contributed by atoms with Crippen LogP contribution in [-0.2, 0) is 11.3 Å². The Bertz CT molecular complexity index is 869. The van der Waals surface area contributed by atoms with Gasteiger partial charge >= 0.3 is 5.97 Å². The Morgan fingerprint density at radius 2 is 1.97 bits per heavy atom. The summed E-state index contributed by atoms with van der Waals surface area (Å²) in [5, 5.41) is 0. The fourth-order valence-electron chi connectivity index (χ4n) is 4.23. The molecule has 0 saturated carbocycles. The molecule has 180 valence electrons. The van der Waals surface area contributed by atoms with E-state index in [0.29, 0.717) is 17.4 Å². The van der Waals surface area contributed by atoms with E-state index < -0.39 is 0 Å². The SMILES string of the molecule is CCCCCCOc1ccc(CN2CC[C@H](N(C)c3ncccc3C(=O)OC(C)C)C2)cc1. The standard InChI is InChI=1S/C27H39N3O3/c1-5-6-7-8-18-32-24-13-11-22(12-14-24)19-30-17-15-23(20-30)29(4)26-25(10-9-16-28-26)27(31)33-21(2)3/h9-14,16,21,23H,5-8,15,17-20H2,1-4H3/t23-/m0/s1. The monoisotopic (exact) mass is 453 g/mol. The van der Waals surface area contributed by atoms with Crippen molar-refractivity contribution in [2.45, 2.75) is 71.6 Å². The minimum Gasteiger partial charge on any atom is -0.494 e. The highest BCUT2D eigenvalue weighted by Crippen LogP contribution is 2.25. The highest BCUT2D eigenvalue weighted by molar-refractivity contribution is 5.94. The molecule has 0 unspecified atom stereocenters. The lowest BCUT2D eigenvalue weighted by atomic mass is 10.2. The average molecular weight is 454 g/mol. The number of benzene rings is 1. The van der Waals surface area contributed by atoms with Gasteiger partial charge < -0.3 is 14.4 Å². The third-order valence-corrected chi connectivity index (χ3v) is 6.07. The van der Waals surface area contributed by atoms with Gasteiger partial charge in [-0.15, -0.1) is 0 Å². The second kappa shape index (κ2) is 12.6. The van der Waals surface area contributed by atoms with Gasteiger partial charge in [0.15, 0.2) is 0 Å². The van der Waals surface area contributed by atoms with E-state index >= 15 is 0 Å². The van der Waals surface area contributed by atoms with Crippen molar-refractivity contribution in [1.82, 2.24) is 9.88 Å². The summed E-state index contributed by atoms with van der Waals surface area (Å²) in [6, 6.07) is 12.4. The number of hydrogen-bond donors (Lipinski definition) is 0. The van der Waals surface area contributed by atoms with Crippen molar-refractivity contribution in [1.29, 1.82) is 0 Å². The van der Waals surface area contributed by atoms with Crippen LogP contribution in [0.2, 0.25) is 0 Å². The van der Waals surface area contributed by atoms with Crippen molar-refractivity contribution in [3.63, 3.8) is 0 Å². The molecular formula is C27H39N3O3. The fraction of sp³-hybridized carbons (Fsp3) is 0.556. The molecule has 2 aromatic rings. The van der Waals surface area contributed by atoms with E-state index in [1.54, 1.807) is 18.3 Å². The van der Waals surface area contributed by atoms with Crippen molar-refractivity contribution in [2.75, 3.05) is 31.6 Å². The van der Waals surface area contributed by atoms with Crippen LogP contribution in [-0.4, -0.2) is 54.7 Å². The number of hydrogen-bond acceptors (Lipinski definition) is 6. The molecule has 0 N–H and O–H groups in total. The second-order valence-corrected chi connectivity index (χ2v) is 9.17. The van der Waals surface area contributed by atoms with E-state index in [-0.39, 0.29) is 12.1 Å². The number of rotatable bonds is 12. The number of likely N-dealkylation sites (N-methyl/N-ethyl adjacent to an activating group) is 1. The molecule has 1 aromatic heterocycles. The van der Waals surface area contributed by atoms with Gasteiger partial charge in [0, 0.05) is 38.9 Å². The summed E-state index contributed by atoms with van der Waals surface area (Å²) in [4.78, 5) is 21.6. The summed E-state index contributed by atoms with van der Waals surface area (Å²) in [5.74, 6) is 1.32. The first-order chi connectivity index (χ1) is 16.0. The van der Waals surface area contributed by atoms with Gasteiger partial charge in [-0.1, -0.05) is 38.3 Å². The first kappa shape index (κ1) is 25.0. The first-order valence-electron chi connectivity index (χ1n) is 12.3. The van der Waals surface area contributed by atoms with Gasteiger partial charge in [-0.25, -0.2) is 9.78 Å². The molecule has 0 bridgehead atoms. The number of carbonyl (C=O) groups is 1. The number of aromatic nitrogens is 1. The Balaban J connectivity index is 1.52. The molecule has 0 amide bonds. The molecule has 1 aromatic carbocycles. The Labute approximate surface area is 198 Å². The maximum atomic E-state index is 12.5. The lowest BCUT2D eigenvalue weighted by Gasteiger charge is -2.27. The normalized spacial score (nSPS) is 16.2. The Kier molecular flexibility index (Phi) is 9.55. The Morgan fingerprint density at radius 1 is 1.18 bits per heavy atom. The number of ether oxygens (including phenoxy) is 2. The van der Waals surface area contributed by atoms with Crippen LogP contribution in [0.5, 0.6) is 5.75 Å². The van der Waals surface area contributed by atoms with Crippen molar-refractivity contribution in [2.24, 2.45) is 0 Å². The topological polar surface area (TPSA) is 54.9 Å². The van der Waals surface area contributed by atoms with Crippen LogP contribution in [0, 0.1) is 0 Å². The molecule has 1 atom stereocenters. The molecule has 1 fully saturated rings. The van der Waals surface area contributed by atoms with Crippen LogP contribution in [0.1, 0.15) is 68.8 Å². The maximum absolute atomic E-state index is 12.5. The minimum absolute atomic E-state index is 0.157. The minimum atomic E-state index is -0.317. The molecule has 6 nitrogen and oxygen atoms in total. The van der Waals surface area contributed by atoms with E-state index in [2.05, 4.69) is 46.0 Å². The quantitative estimate of drug-likeness (QED) is 0.320. The zero-order valence-electron chi connectivity index (χ0n) is 20.6. The molecule has 1 aliphatic heterocycles. The lowest BCUT2D eigenvalue weighted by Crippen LogP contribution is -2.36. The third kappa shape index (κ3) is 7.46. The Hall–Kier alpha value is -2.60. The predicted octanol–water partition coefficient (Wildman–Crippen LogP) is 5.32. The number of pyridine rings is 1. The zero-order chi connectivity index (χ0) is 23.6. The molecule has 1 saturated heterocycles. The van der Waals surface area contributed by atoms with Crippen LogP contribution in [0.15, 0.2) is 42.6 Å². The van der Waals surface area contributed by atoms with Crippen LogP contribution < -0.4 is 9.64 Å². The number of unbranched alkanes of at least 4 members (excludes halogenated alkanes) is 3. The van der Waals surface area contributed by atoms with Crippen LogP contribution in [0.3, 0.4) is 0 Å². The second-order valence-electron chi connectivity index (χ2n) is 9.17. The molecule has 6 heteroatoms. The third-order valence-electron chi connectivity index (χ3n) is 6.07. The van der Waals surface area contributed by atoms with E-state index in [9.17, 15) is 4.79 Å². The van der Waals surface area contributed by atoms with Crippen molar-refractivity contribution < 1.29 is 14.3 Å². The van der Waals surface area contributed by atoms with E-state index in [0.717, 1.165) is 44.8 Å². The highest BCUT2D eigenvalue weighted by Gasteiger charge is 2.29. The molecule has 33 heavy (non-hydrogen) atoms. The van der Waals surface area contributed by atoms with E-state index in [1.807, 2.05) is 20.9 Å². The molecule has 3 rings (SSSR count). The van der Waals surface area contributed by atoms with Gasteiger partial charge in [0.05, 0.1) is 12.7 Å². The van der Waals surface area contributed by atoms with Crippen molar-refractivity contribution >= 4 is 11.8 Å². The number of nitrogens with zero attached hydrogens (tertiary/aromatic N) is 3. The molecule has 0 aliphatic carbocycles. The molecular weight excluding hydrogens is 414 g/mol. The summed E-state index contributed by atoms with van der Waals surface area (Å²) in [6.07, 6.45) is 7.48. The molecule has 0 radical (unpaired) electrons. The zero-order valence-corrected chi connectivity index (χ0v) is 20.6. The summed E-state index contributed by atoms with van der Waals surface area (Å²) in [5.41, 5.74) is 1.81.